The first-order chi connectivity index (χ1) is 13.1. The first-order valence-electron chi connectivity index (χ1n) is 9.59. The average Bonchev–Trinajstić information content (AvgIpc) is 3.34. The second kappa shape index (κ2) is 7.54. The van der Waals surface area contributed by atoms with Crippen LogP contribution in [0.3, 0.4) is 0 Å². The van der Waals surface area contributed by atoms with E-state index in [1.54, 1.807) is 25.5 Å². The van der Waals surface area contributed by atoms with E-state index < -0.39 is 0 Å². The molecule has 8 nitrogen and oxygen atoms in total. The number of likely N-dealkylation sites (tertiary alicyclic amines) is 2. The number of fused-ring (bicyclic) bond motifs is 1. The maximum atomic E-state index is 12.7. The van der Waals surface area contributed by atoms with Crippen molar-refractivity contribution in [2.75, 3.05) is 19.6 Å². The van der Waals surface area contributed by atoms with Crippen molar-refractivity contribution in [1.29, 1.82) is 0 Å². The van der Waals surface area contributed by atoms with Crippen molar-refractivity contribution < 1.29 is 14.1 Å². The van der Waals surface area contributed by atoms with Gasteiger partial charge in [-0.05, 0) is 32.1 Å². The standard InChI is InChI=1S/C19H25N5O3/c1-14-11-16(21-27-14)19(26)23-9-5-17-15(12-23)3-4-18(25)24(17)8-2-7-22-10-6-20-13-22/h6,10-11,13,15,17H,2-5,7-9,12H2,1H3/t15-,17+/m1/s1. The van der Waals surface area contributed by atoms with E-state index >= 15 is 0 Å². The molecule has 0 unspecified atom stereocenters. The van der Waals surface area contributed by atoms with E-state index in [-0.39, 0.29) is 17.9 Å². The van der Waals surface area contributed by atoms with Crippen LogP contribution in [0.25, 0.3) is 0 Å². The highest BCUT2D eigenvalue weighted by molar-refractivity contribution is 5.92. The summed E-state index contributed by atoms with van der Waals surface area (Å²) < 4.78 is 7.07. The van der Waals surface area contributed by atoms with E-state index in [0.29, 0.717) is 36.9 Å². The minimum Gasteiger partial charge on any atom is -0.361 e. The largest absolute Gasteiger partial charge is 0.361 e. The van der Waals surface area contributed by atoms with E-state index in [9.17, 15) is 9.59 Å². The molecule has 2 aliphatic rings. The molecular weight excluding hydrogens is 346 g/mol. The minimum absolute atomic E-state index is 0.0751. The van der Waals surface area contributed by atoms with Crippen LogP contribution in [0.2, 0.25) is 0 Å². The number of imidazole rings is 1. The Bertz CT molecular complexity index is 800. The highest BCUT2D eigenvalue weighted by Gasteiger charge is 2.40. The lowest BCUT2D eigenvalue weighted by Gasteiger charge is -2.47. The Hall–Kier alpha value is -2.64. The van der Waals surface area contributed by atoms with Crippen molar-refractivity contribution in [1.82, 2.24) is 24.5 Å². The lowest BCUT2D eigenvalue weighted by atomic mass is 9.83. The summed E-state index contributed by atoms with van der Waals surface area (Å²) in [5, 5.41) is 3.85. The number of carbonyl (C=O) groups excluding carboxylic acids is 2. The Morgan fingerprint density at radius 3 is 2.96 bits per heavy atom. The van der Waals surface area contributed by atoms with Gasteiger partial charge in [0.15, 0.2) is 5.69 Å². The van der Waals surface area contributed by atoms with Gasteiger partial charge in [-0.2, -0.15) is 0 Å². The van der Waals surface area contributed by atoms with Crippen LogP contribution in [0.5, 0.6) is 0 Å². The van der Waals surface area contributed by atoms with Gasteiger partial charge in [0.25, 0.3) is 5.91 Å². The number of aromatic nitrogens is 3. The Labute approximate surface area is 158 Å². The number of aryl methyl sites for hydroxylation is 2. The van der Waals surface area contributed by atoms with Crippen molar-refractivity contribution in [3.05, 3.63) is 36.2 Å². The zero-order valence-corrected chi connectivity index (χ0v) is 15.6. The molecule has 0 spiro atoms. The van der Waals surface area contributed by atoms with Crippen LogP contribution in [0.15, 0.2) is 29.3 Å². The topological polar surface area (TPSA) is 84.5 Å². The van der Waals surface area contributed by atoms with Crippen LogP contribution < -0.4 is 0 Å². The van der Waals surface area contributed by atoms with Gasteiger partial charge in [0.05, 0.1) is 6.33 Å². The number of nitrogens with zero attached hydrogens (tertiary/aromatic N) is 5. The zero-order chi connectivity index (χ0) is 18.8. The fourth-order valence-electron chi connectivity index (χ4n) is 4.30. The number of carbonyl (C=O) groups is 2. The number of amides is 2. The molecule has 4 heterocycles. The van der Waals surface area contributed by atoms with Crippen LogP contribution in [-0.2, 0) is 11.3 Å². The van der Waals surface area contributed by atoms with Crippen LogP contribution in [0.4, 0.5) is 0 Å². The van der Waals surface area contributed by atoms with Gasteiger partial charge in [0.2, 0.25) is 5.91 Å². The third-order valence-corrected chi connectivity index (χ3v) is 5.65. The molecule has 4 rings (SSSR count). The van der Waals surface area contributed by atoms with Crippen LogP contribution >= 0.6 is 0 Å². The van der Waals surface area contributed by atoms with Gasteiger partial charge in [-0.3, -0.25) is 9.59 Å². The van der Waals surface area contributed by atoms with Crippen LogP contribution in [0.1, 0.15) is 41.9 Å². The molecule has 2 aliphatic heterocycles. The number of rotatable bonds is 5. The van der Waals surface area contributed by atoms with Crippen molar-refractivity contribution in [2.45, 2.75) is 45.2 Å². The molecule has 0 bridgehead atoms. The quantitative estimate of drug-likeness (QED) is 0.799. The summed E-state index contributed by atoms with van der Waals surface area (Å²) in [6.45, 7) is 4.73. The average molecular weight is 371 g/mol. The molecule has 2 atom stereocenters. The Balaban J connectivity index is 1.36. The molecule has 0 N–H and O–H groups in total. The SMILES string of the molecule is Cc1cc(C(=O)N2CC[C@H]3[C@H](CCC(=O)N3CCCn3ccnc3)C2)no1. The molecule has 2 aromatic rings. The van der Waals surface area contributed by atoms with Crippen LogP contribution in [0, 0.1) is 12.8 Å². The maximum Gasteiger partial charge on any atom is 0.276 e. The molecule has 0 aromatic carbocycles. The Morgan fingerprint density at radius 2 is 2.22 bits per heavy atom. The lowest BCUT2D eigenvalue weighted by molar-refractivity contribution is -0.140. The van der Waals surface area contributed by atoms with Crippen molar-refractivity contribution in [2.24, 2.45) is 5.92 Å². The second-order valence-electron chi connectivity index (χ2n) is 7.47. The third-order valence-electron chi connectivity index (χ3n) is 5.65. The second-order valence-corrected chi connectivity index (χ2v) is 7.47. The summed E-state index contributed by atoms with van der Waals surface area (Å²) in [6, 6.07) is 1.92. The predicted octanol–water partition coefficient (Wildman–Crippen LogP) is 1.72. The third kappa shape index (κ3) is 3.74. The minimum atomic E-state index is -0.0751. The summed E-state index contributed by atoms with van der Waals surface area (Å²) >= 11 is 0. The summed E-state index contributed by atoms with van der Waals surface area (Å²) in [5.74, 6) is 1.14. The molecular formula is C19H25N5O3. The molecule has 2 saturated heterocycles. The zero-order valence-electron chi connectivity index (χ0n) is 15.6. The molecule has 144 valence electrons. The summed E-state index contributed by atoms with van der Waals surface area (Å²) in [4.78, 5) is 33.1. The number of hydrogen-bond donors (Lipinski definition) is 0. The monoisotopic (exact) mass is 371 g/mol. The summed E-state index contributed by atoms with van der Waals surface area (Å²) in [7, 11) is 0. The molecule has 27 heavy (non-hydrogen) atoms. The van der Waals surface area contributed by atoms with E-state index in [0.717, 1.165) is 32.4 Å². The van der Waals surface area contributed by atoms with Gasteiger partial charge in [0.1, 0.15) is 5.76 Å². The highest BCUT2D eigenvalue weighted by atomic mass is 16.5. The van der Waals surface area contributed by atoms with Crippen molar-refractivity contribution in [3.63, 3.8) is 0 Å². The summed E-state index contributed by atoms with van der Waals surface area (Å²) in [5.41, 5.74) is 0.370. The fourth-order valence-corrected chi connectivity index (χ4v) is 4.30. The fraction of sp³-hybridized carbons (Fsp3) is 0.579. The van der Waals surface area contributed by atoms with Crippen molar-refractivity contribution >= 4 is 11.8 Å². The summed E-state index contributed by atoms with van der Waals surface area (Å²) in [6.07, 6.45) is 8.66. The Morgan fingerprint density at radius 1 is 1.33 bits per heavy atom. The molecule has 0 radical (unpaired) electrons. The van der Waals surface area contributed by atoms with Crippen LogP contribution in [-0.4, -0.2) is 62.0 Å². The predicted molar refractivity (Wildman–Crippen MR) is 96.8 cm³/mol. The van der Waals surface area contributed by atoms with E-state index in [4.69, 9.17) is 4.52 Å². The lowest BCUT2D eigenvalue weighted by Crippen LogP contribution is -2.57. The van der Waals surface area contributed by atoms with Gasteiger partial charge < -0.3 is 18.9 Å². The molecule has 2 aromatic heterocycles. The molecule has 8 heteroatoms. The number of piperidine rings is 2. The van der Waals surface area contributed by atoms with Crippen molar-refractivity contribution in [3.8, 4) is 0 Å². The molecule has 0 saturated carbocycles. The first kappa shape index (κ1) is 17.8. The normalized spacial score (nSPS) is 22.8. The molecule has 2 fully saturated rings. The smallest absolute Gasteiger partial charge is 0.276 e. The Kier molecular flexibility index (Phi) is 4.96. The van der Waals surface area contributed by atoms with Gasteiger partial charge in [0, 0.05) is 57.1 Å². The maximum absolute atomic E-state index is 12.7. The van der Waals surface area contributed by atoms with Gasteiger partial charge in [-0.1, -0.05) is 5.16 Å². The first-order valence-corrected chi connectivity index (χ1v) is 9.59. The van der Waals surface area contributed by atoms with Gasteiger partial charge >= 0.3 is 0 Å². The molecule has 2 amide bonds. The number of hydrogen-bond acceptors (Lipinski definition) is 5. The van der Waals surface area contributed by atoms with E-state index in [1.807, 2.05) is 20.6 Å². The highest BCUT2D eigenvalue weighted by Crippen LogP contribution is 2.32. The van der Waals surface area contributed by atoms with E-state index in [1.165, 1.54) is 0 Å². The van der Waals surface area contributed by atoms with Gasteiger partial charge in [-0.25, -0.2) is 4.98 Å². The molecule has 0 aliphatic carbocycles. The van der Waals surface area contributed by atoms with E-state index in [2.05, 4.69) is 10.1 Å². The van der Waals surface area contributed by atoms with Gasteiger partial charge in [-0.15, -0.1) is 0 Å².